The number of carbonyl (C=O) groups excluding carboxylic acids is 3. The van der Waals surface area contributed by atoms with Crippen molar-refractivity contribution in [1.82, 2.24) is 0 Å². The number of nitro groups is 1. The molecule has 0 unspecified atom stereocenters. The Hall–Kier alpha value is -3.71. The van der Waals surface area contributed by atoms with E-state index in [1.165, 1.54) is 39.3 Å². The fraction of sp³-hybridized carbons (Fsp3) is 0.316. The smallest absolute Gasteiger partial charge is 0.348 e. The topological polar surface area (TPSA) is 169 Å². The maximum absolute atomic E-state index is 12.5. The molecule has 32 heavy (non-hydrogen) atoms. The Kier molecular flexibility index (Phi) is 8.49. The van der Waals surface area contributed by atoms with E-state index in [1.54, 1.807) is 0 Å². The summed E-state index contributed by atoms with van der Waals surface area (Å²) in [5.74, 6) is -1.97. The molecule has 1 amide bonds. The molecule has 0 saturated carbocycles. The van der Waals surface area contributed by atoms with Crippen LogP contribution in [0, 0.1) is 17.0 Å². The summed E-state index contributed by atoms with van der Waals surface area (Å²) in [6.45, 7) is 1.27. The molecule has 0 aliphatic rings. The van der Waals surface area contributed by atoms with Crippen LogP contribution in [0.4, 0.5) is 22.1 Å². The van der Waals surface area contributed by atoms with Crippen LogP contribution in [0.5, 0.6) is 0 Å². The number of nitro benzene ring substituents is 1. The summed E-state index contributed by atoms with van der Waals surface area (Å²) in [4.78, 5) is 47.3. The number of carbonyl (C=O) groups is 3. The Morgan fingerprint density at radius 3 is 2.41 bits per heavy atom. The van der Waals surface area contributed by atoms with E-state index in [0.717, 1.165) is 11.3 Å². The van der Waals surface area contributed by atoms with Gasteiger partial charge in [-0.15, -0.1) is 11.3 Å². The van der Waals surface area contributed by atoms with Gasteiger partial charge in [0.2, 0.25) is 5.91 Å². The minimum atomic E-state index is -0.730. The number of rotatable bonds is 10. The third-order valence-corrected chi connectivity index (χ3v) is 5.43. The van der Waals surface area contributed by atoms with Crippen molar-refractivity contribution in [1.29, 1.82) is 0 Å². The molecule has 172 valence electrons. The van der Waals surface area contributed by atoms with Crippen LogP contribution in [0.3, 0.4) is 0 Å². The van der Waals surface area contributed by atoms with Crippen LogP contribution in [0.25, 0.3) is 0 Å². The van der Waals surface area contributed by atoms with Gasteiger partial charge in [-0.3, -0.25) is 14.9 Å². The Balaban J connectivity index is 2.23. The second-order valence-corrected chi connectivity index (χ2v) is 7.30. The molecule has 0 spiro atoms. The number of benzene rings is 1. The Labute approximate surface area is 186 Å². The number of hydrogen-bond donors (Lipinski definition) is 4. The fourth-order valence-electron chi connectivity index (χ4n) is 2.72. The van der Waals surface area contributed by atoms with Crippen LogP contribution < -0.4 is 16.0 Å². The molecule has 0 saturated heterocycles. The first-order valence-electron chi connectivity index (χ1n) is 9.20. The molecular weight excluding hydrogens is 444 g/mol. The van der Waals surface area contributed by atoms with Crippen molar-refractivity contribution in [3.05, 3.63) is 44.3 Å². The molecule has 1 heterocycles. The van der Waals surface area contributed by atoms with E-state index in [-0.39, 0.29) is 46.5 Å². The minimum Gasteiger partial charge on any atom is -0.465 e. The number of ether oxygens (including phenoxy) is 2. The van der Waals surface area contributed by atoms with E-state index in [4.69, 9.17) is 14.6 Å². The monoisotopic (exact) mass is 466 g/mol. The van der Waals surface area contributed by atoms with Crippen molar-refractivity contribution in [3.63, 3.8) is 0 Å². The maximum Gasteiger partial charge on any atom is 0.348 e. The highest BCUT2D eigenvalue weighted by molar-refractivity contribution is 7.18. The molecule has 0 radical (unpaired) electrons. The zero-order valence-corrected chi connectivity index (χ0v) is 18.3. The van der Waals surface area contributed by atoms with Crippen molar-refractivity contribution in [2.45, 2.75) is 6.92 Å². The van der Waals surface area contributed by atoms with E-state index in [0.29, 0.717) is 11.3 Å². The summed E-state index contributed by atoms with van der Waals surface area (Å²) >= 11 is 0.869. The quantitative estimate of drug-likeness (QED) is 0.231. The van der Waals surface area contributed by atoms with Crippen LogP contribution in [-0.2, 0) is 14.3 Å². The molecule has 0 aliphatic carbocycles. The molecule has 0 atom stereocenters. The zero-order valence-electron chi connectivity index (χ0n) is 17.5. The normalized spacial score (nSPS) is 10.2. The molecule has 4 N–H and O–H groups in total. The fourth-order valence-corrected chi connectivity index (χ4v) is 3.85. The molecule has 1 aromatic heterocycles. The van der Waals surface area contributed by atoms with Crippen LogP contribution >= 0.6 is 11.3 Å². The minimum absolute atomic E-state index is 0.0342. The number of aliphatic hydroxyl groups excluding tert-OH is 1. The highest BCUT2D eigenvalue weighted by atomic mass is 32.1. The number of methoxy groups -OCH3 is 2. The third-order valence-electron chi connectivity index (χ3n) is 4.24. The second-order valence-electron chi connectivity index (χ2n) is 6.28. The van der Waals surface area contributed by atoms with Gasteiger partial charge in [0.15, 0.2) is 0 Å². The number of nitrogens with one attached hydrogen (secondary N) is 3. The Morgan fingerprint density at radius 1 is 1.12 bits per heavy atom. The first-order valence-corrected chi connectivity index (χ1v) is 10.0. The molecule has 12 nitrogen and oxygen atoms in total. The van der Waals surface area contributed by atoms with E-state index in [9.17, 15) is 24.5 Å². The van der Waals surface area contributed by atoms with Crippen molar-refractivity contribution < 1.29 is 33.9 Å². The average Bonchev–Trinajstić information content (AvgIpc) is 3.10. The molecule has 0 aliphatic heterocycles. The number of thiophene rings is 1. The van der Waals surface area contributed by atoms with Gasteiger partial charge in [0.1, 0.15) is 9.88 Å². The molecule has 2 aromatic rings. The second kappa shape index (κ2) is 11.1. The molecule has 0 bridgehead atoms. The first-order chi connectivity index (χ1) is 15.2. The summed E-state index contributed by atoms with van der Waals surface area (Å²) in [6.07, 6.45) is 0. The molecule has 0 fully saturated rings. The van der Waals surface area contributed by atoms with Gasteiger partial charge in [-0.25, -0.2) is 9.59 Å². The predicted molar refractivity (Wildman–Crippen MR) is 118 cm³/mol. The number of aliphatic hydroxyl groups is 1. The van der Waals surface area contributed by atoms with Gasteiger partial charge in [-0.05, 0) is 18.6 Å². The number of non-ortho nitro benzene ring substituents is 1. The van der Waals surface area contributed by atoms with Crippen LogP contribution in [0.1, 0.15) is 25.6 Å². The molecule has 1 aromatic carbocycles. The first kappa shape index (κ1) is 24.6. The molecule has 13 heteroatoms. The lowest BCUT2D eigenvalue weighted by Crippen LogP contribution is -2.23. The van der Waals surface area contributed by atoms with Gasteiger partial charge < -0.3 is 30.5 Å². The van der Waals surface area contributed by atoms with Crippen molar-refractivity contribution in [2.24, 2.45) is 0 Å². The number of amides is 1. The Morgan fingerprint density at radius 2 is 1.81 bits per heavy atom. The van der Waals surface area contributed by atoms with Crippen molar-refractivity contribution in [2.75, 3.05) is 49.9 Å². The standard InChI is InChI=1S/C19H22N4O8S/c1-10-15(18(26)30-2)17(32-16(10)19(27)31-3)22-14(25)9-21-13-8-11(23(28)29)4-5-12(13)20-6-7-24/h4-5,8,20-21,24H,6-7,9H2,1-3H3,(H,22,25). The largest absolute Gasteiger partial charge is 0.465 e. The average molecular weight is 466 g/mol. The van der Waals surface area contributed by atoms with E-state index in [1.807, 2.05) is 0 Å². The summed E-state index contributed by atoms with van der Waals surface area (Å²) in [5.41, 5.74) is 0.881. The van der Waals surface area contributed by atoms with Gasteiger partial charge in [0.05, 0.1) is 49.2 Å². The zero-order chi connectivity index (χ0) is 23.8. The van der Waals surface area contributed by atoms with Crippen LogP contribution in [0.2, 0.25) is 0 Å². The molecule has 2 rings (SSSR count). The van der Waals surface area contributed by atoms with Gasteiger partial charge in [-0.2, -0.15) is 0 Å². The molecular formula is C19H22N4O8S. The van der Waals surface area contributed by atoms with Gasteiger partial charge >= 0.3 is 11.9 Å². The Bertz CT molecular complexity index is 1040. The lowest BCUT2D eigenvalue weighted by molar-refractivity contribution is -0.384. The number of hydrogen-bond acceptors (Lipinski definition) is 11. The highest BCUT2D eigenvalue weighted by Gasteiger charge is 2.26. The van der Waals surface area contributed by atoms with E-state index in [2.05, 4.69) is 16.0 Å². The van der Waals surface area contributed by atoms with Gasteiger partial charge in [0.25, 0.3) is 5.69 Å². The SMILES string of the molecule is COC(=O)c1sc(NC(=O)CNc2cc([N+](=O)[O-])ccc2NCCO)c(C(=O)OC)c1C. The number of esters is 2. The number of nitrogens with zero attached hydrogens (tertiary/aromatic N) is 1. The van der Waals surface area contributed by atoms with E-state index < -0.39 is 22.8 Å². The van der Waals surface area contributed by atoms with Crippen LogP contribution in [-0.4, -0.2) is 61.8 Å². The lowest BCUT2D eigenvalue weighted by Gasteiger charge is -2.13. The summed E-state index contributed by atoms with van der Waals surface area (Å²) in [5, 5.41) is 28.4. The highest BCUT2D eigenvalue weighted by Crippen LogP contribution is 2.34. The van der Waals surface area contributed by atoms with E-state index >= 15 is 0 Å². The van der Waals surface area contributed by atoms with Crippen LogP contribution in [0.15, 0.2) is 18.2 Å². The van der Waals surface area contributed by atoms with Crippen molar-refractivity contribution >= 4 is 51.2 Å². The van der Waals surface area contributed by atoms with Gasteiger partial charge in [0, 0.05) is 18.7 Å². The third kappa shape index (κ3) is 5.70. The predicted octanol–water partition coefficient (Wildman–Crippen LogP) is 1.99. The van der Waals surface area contributed by atoms with Gasteiger partial charge in [-0.1, -0.05) is 0 Å². The number of anilines is 3. The lowest BCUT2D eigenvalue weighted by atomic mass is 10.1. The maximum atomic E-state index is 12.5. The summed E-state index contributed by atoms with van der Waals surface area (Å²) < 4.78 is 9.44. The summed E-state index contributed by atoms with van der Waals surface area (Å²) in [6, 6.07) is 3.99. The van der Waals surface area contributed by atoms with Crippen molar-refractivity contribution in [3.8, 4) is 0 Å². The summed E-state index contributed by atoms with van der Waals surface area (Å²) in [7, 11) is 2.37.